The highest BCUT2D eigenvalue weighted by Gasteiger charge is 2.50. The third kappa shape index (κ3) is 6.69. The van der Waals surface area contributed by atoms with Crippen molar-refractivity contribution in [2.75, 3.05) is 26.4 Å². The van der Waals surface area contributed by atoms with E-state index in [4.69, 9.17) is 23.7 Å². The largest absolute Gasteiger partial charge is 0.394 e. The highest BCUT2D eigenvalue weighted by molar-refractivity contribution is 5.13. The number of hydrogen-bond acceptors (Lipinski definition) is 12. The van der Waals surface area contributed by atoms with Crippen LogP contribution in [0.2, 0.25) is 0 Å². The molecule has 194 valence electrons. The summed E-state index contributed by atoms with van der Waals surface area (Å²) in [5.74, 6) is 0. The molecule has 12 heteroatoms. The monoisotopic (exact) mass is 490 g/mol. The molecule has 12 nitrogen and oxygen atoms in total. The van der Waals surface area contributed by atoms with Gasteiger partial charge >= 0.3 is 0 Å². The van der Waals surface area contributed by atoms with Crippen LogP contribution in [0.5, 0.6) is 0 Å². The molecule has 0 radical (unpaired) electrons. The zero-order valence-electron chi connectivity index (χ0n) is 18.6. The van der Waals surface area contributed by atoms with Crippen molar-refractivity contribution in [3.63, 3.8) is 0 Å². The van der Waals surface area contributed by atoms with E-state index in [9.17, 15) is 35.7 Å². The van der Waals surface area contributed by atoms with E-state index in [0.29, 0.717) is 19.6 Å². The van der Waals surface area contributed by atoms with Crippen molar-refractivity contribution in [1.82, 2.24) is 0 Å². The predicted octanol–water partition coefficient (Wildman–Crippen LogP) is -2.77. The van der Waals surface area contributed by atoms with E-state index in [1.807, 2.05) is 30.3 Å². The third-order valence-electron chi connectivity index (χ3n) is 5.79. The van der Waals surface area contributed by atoms with Gasteiger partial charge in [0.2, 0.25) is 0 Å². The molecule has 10 atom stereocenters. The van der Waals surface area contributed by atoms with Gasteiger partial charge in [-0.05, 0) is 12.0 Å². The summed E-state index contributed by atoms with van der Waals surface area (Å²) in [4.78, 5) is 0. The van der Waals surface area contributed by atoms with Gasteiger partial charge in [0.05, 0.1) is 26.4 Å². The molecule has 2 saturated heterocycles. The summed E-state index contributed by atoms with van der Waals surface area (Å²) in [5, 5.41) is 69.9. The van der Waals surface area contributed by atoms with Crippen LogP contribution in [0.15, 0.2) is 30.3 Å². The second-order valence-corrected chi connectivity index (χ2v) is 8.27. The average molecular weight is 491 g/mol. The number of aliphatic hydroxyl groups excluding tert-OH is 7. The van der Waals surface area contributed by atoms with Gasteiger partial charge in [0, 0.05) is 6.61 Å². The molecule has 0 aromatic heterocycles. The molecule has 0 aliphatic carbocycles. The summed E-state index contributed by atoms with van der Waals surface area (Å²) < 4.78 is 27.4. The van der Waals surface area contributed by atoms with E-state index >= 15 is 0 Å². The molecule has 1 aromatic rings. The molecule has 1 aromatic carbocycles. The Labute approximate surface area is 196 Å². The van der Waals surface area contributed by atoms with E-state index in [0.717, 1.165) is 5.56 Å². The van der Waals surface area contributed by atoms with E-state index in [1.54, 1.807) is 0 Å². The molecule has 3 rings (SSSR count). The lowest BCUT2D eigenvalue weighted by Gasteiger charge is -2.45. The minimum absolute atomic E-state index is 0.152. The summed E-state index contributed by atoms with van der Waals surface area (Å²) in [5.41, 5.74) is 1.04. The normalized spacial score (nSPS) is 38.7. The van der Waals surface area contributed by atoms with Gasteiger partial charge in [-0.2, -0.15) is 0 Å². The van der Waals surface area contributed by atoms with Crippen LogP contribution in [0.25, 0.3) is 0 Å². The molecular formula is C22H34O12. The molecule has 0 amide bonds. The molecule has 2 heterocycles. The maximum atomic E-state index is 10.6. The van der Waals surface area contributed by atoms with Gasteiger partial charge in [-0.15, -0.1) is 0 Å². The Kier molecular flexibility index (Phi) is 10.6. The molecule has 0 bridgehead atoms. The van der Waals surface area contributed by atoms with Crippen LogP contribution in [-0.4, -0.2) is 124 Å². The molecular weight excluding hydrogens is 456 g/mol. The number of hydrogen-bond donors (Lipinski definition) is 7. The van der Waals surface area contributed by atoms with Crippen molar-refractivity contribution < 1.29 is 59.4 Å². The number of rotatable bonds is 11. The molecule has 2 aliphatic heterocycles. The first-order valence-corrected chi connectivity index (χ1v) is 11.2. The van der Waals surface area contributed by atoms with Crippen LogP contribution < -0.4 is 0 Å². The van der Waals surface area contributed by atoms with Gasteiger partial charge in [-0.1, -0.05) is 30.3 Å². The Morgan fingerprint density at radius 1 is 0.706 bits per heavy atom. The molecule has 4 unspecified atom stereocenters. The van der Waals surface area contributed by atoms with Gasteiger partial charge in [0.1, 0.15) is 48.8 Å². The smallest absolute Gasteiger partial charge is 0.187 e. The van der Waals surface area contributed by atoms with Crippen molar-refractivity contribution in [2.24, 2.45) is 0 Å². The third-order valence-corrected chi connectivity index (χ3v) is 5.79. The van der Waals surface area contributed by atoms with Gasteiger partial charge in [-0.3, -0.25) is 0 Å². The molecule has 0 saturated carbocycles. The lowest BCUT2D eigenvalue weighted by Crippen LogP contribution is -2.64. The summed E-state index contributed by atoms with van der Waals surface area (Å²) in [7, 11) is 0. The zero-order valence-corrected chi connectivity index (χ0v) is 18.6. The average Bonchev–Trinajstić information content (AvgIpc) is 2.85. The van der Waals surface area contributed by atoms with E-state index in [2.05, 4.69) is 0 Å². The summed E-state index contributed by atoms with van der Waals surface area (Å²) in [6.07, 6.45) is -14.2. The first-order chi connectivity index (χ1) is 16.4. The van der Waals surface area contributed by atoms with Gasteiger partial charge < -0.3 is 59.4 Å². The topological polar surface area (TPSA) is 188 Å². The van der Waals surface area contributed by atoms with Crippen LogP contribution in [0.3, 0.4) is 0 Å². The number of aliphatic hydroxyl groups is 7. The van der Waals surface area contributed by atoms with Crippen molar-refractivity contribution in [3.8, 4) is 0 Å². The maximum Gasteiger partial charge on any atom is 0.187 e. The minimum Gasteiger partial charge on any atom is -0.394 e. The van der Waals surface area contributed by atoms with Crippen molar-refractivity contribution in [3.05, 3.63) is 35.9 Å². The lowest BCUT2D eigenvalue weighted by atomic mass is 9.97. The molecule has 2 fully saturated rings. The zero-order chi connectivity index (χ0) is 24.7. The van der Waals surface area contributed by atoms with E-state index in [1.165, 1.54) is 0 Å². The van der Waals surface area contributed by atoms with Crippen LogP contribution in [0.4, 0.5) is 0 Å². The Morgan fingerprint density at radius 3 is 2.03 bits per heavy atom. The lowest BCUT2D eigenvalue weighted by molar-refractivity contribution is -0.359. The fraction of sp³-hybridized carbons (Fsp3) is 0.727. The van der Waals surface area contributed by atoms with Gasteiger partial charge in [-0.25, -0.2) is 0 Å². The van der Waals surface area contributed by atoms with E-state index < -0.39 is 74.6 Å². The highest BCUT2D eigenvalue weighted by Crippen LogP contribution is 2.29. The highest BCUT2D eigenvalue weighted by atomic mass is 16.7. The molecule has 7 N–H and O–H groups in total. The second kappa shape index (κ2) is 13.2. The van der Waals surface area contributed by atoms with Crippen LogP contribution >= 0.6 is 0 Å². The fourth-order valence-electron chi connectivity index (χ4n) is 3.82. The minimum atomic E-state index is -1.72. The van der Waals surface area contributed by atoms with Gasteiger partial charge in [0.15, 0.2) is 12.6 Å². The summed E-state index contributed by atoms with van der Waals surface area (Å²) >= 11 is 0. The number of ether oxygens (including phenoxy) is 5. The van der Waals surface area contributed by atoms with Crippen LogP contribution in [-0.2, 0) is 30.3 Å². The second-order valence-electron chi connectivity index (χ2n) is 8.27. The Balaban J connectivity index is 1.47. The van der Waals surface area contributed by atoms with Crippen LogP contribution in [0, 0.1) is 0 Å². The standard InChI is InChI=1S/C22H34O12/c23-9-13-15(25)16(26)18(28)22(32-13)34-20-14(10-24)33-21(19(29)17(20)27)31-8-4-7-30-11-12-5-2-1-3-6-12/h1-3,5-6,13-29H,4,7-11H2/t13?,14?,15-,16+,17-,18?,19?,20-,21-,22-/m1/s1. The quantitative estimate of drug-likeness (QED) is 0.159. The molecule has 2 aliphatic rings. The van der Waals surface area contributed by atoms with Crippen molar-refractivity contribution in [1.29, 1.82) is 0 Å². The Bertz CT molecular complexity index is 704. The fourth-order valence-corrected chi connectivity index (χ4v) is 3.82. The summed E-state index contributed by atoms with van der Waals surface area (Å²) in [6.45, 7) is -0.282. The predicted molar refractivity (Wildman–Crippen MR) is 113 cm³/mol. The Hall–Kier alpha value is -1.26. The first-order valence-electron chi connectivity index (χ1n) is 11.2. The SMILES string of the molecule is OCC1O[C@H](O[C@@H]2C(CO)O[C@@H](OCCCOCc3ccccc3)C(O)[C@H]2O)C(O)[C@@H](O)[C@@H]1O. The van der Waals surface area contributed by atoms with Crippen LogP contribution in [0.1, 0.15) is 12.0 Å². The number of benzene rings is 1. The summed E-state index contributed by atoms with van der Waals surface area (Å²) in [6, 6.07) is 9.64. The first kappa shape index (κ1) is 27.3. The van der Waals surface area contributed by atoms with E-state index in [-0.39, 0.29) is 6.61 Å². The Morgan fingerprint density at radius 2 is 1.35 bits per heavy atom. The molecule has 34 heavy (non-hydrogen) atoms. The maximum absolute atomic E-state index is 10.6. The molecule has 0 spiro atoms. The van der Waals surface area contributed by atoms with Gasteiger partial charge in [0.25, 0.3) is 0 Å². The van der Waals surface area contributed by atoms with Crippen molar-refractivity contribution in [2.45, 2.75) is 74.4 Å². The van der Waals surface area contributed by atoms with Crippen molar-refractivity contribution >= 4 is 0 Å².